The predicted molar refractivity (Wildman–Crippen MR) is 91.7 cm³/mol. The fourth-order valence-corrected chi connectivity index (χ4v) is 3.94. The zero-order valence-electron chi connectivity index (χ0n) is 14.4. The topological polar surface area (TPSA) is 15.3 Å². The van der Waals surface area contributed by atoms with Crippen LogP contribution < -0.4 is 5.32 Å². The second-order valence-electron chi connectivity index (χ2n) is 7.20. The molecule has 1 aromatic rings. The minimum atomic E-state index is 0.450. The van der Waals surface area contributed by atoms with Gasteiger partial charge in [-0.05, 0) is 44.2 Å². The Balaban J connectivity index is 2.11. The molecule has 1 N–H and O–H groups in total. The number of piperidine rings is 1. The van der Waals surface area contributed by atoms with E-state index in [9.17, 15) is 0 Å². The van der Waals surface area contributed by atoms with Crippen molar-refractivity contribution in [2.45, 2.75) is 47.1 Å². The number of rotatable bonds is 5. The number of likely N-dealkylation sites (tertiary alicyclic amines) is 1. The van der Waals surface area contributed by atoms with Crippen LogP contribution in [0.15, 0.2) is 18.2 Å². The fourth-order valence-electron chi connectivity index (χ4n) is 3.94. The molecule has 1 aliphatic heterocycles. The SMILES string of the molecule is CCNC(CN1CC(C)CC(C)C1)c1cc(C)cc(C)c1. The van der Waals surface area contributed by atoms with Crippen LogP contribution in [0, 0.1) is 25.7 Å². The van der Waals surface area contributed by atoms with Crippen LogP contribution in [0.4, 0.5) is 0 Å². The third-order valence-electron chi connectivity index (χ3n) is 4.48. The normalized spacial score (nSPS) is 25.0. The van der Waals surface area contributed by atoms with Gasteiger partial charge in [-0.1, -0.05) is 50.1 Å². The van der Waals surface area contributed by atoms with Crippen LogP contribution in [0.5, 0.6) is 0 Å². The molecule has 2 rings (SSSR count). The average molecular weight is 288 g/mol. The van der Waals surface area contributed by atoms with Gasteiger partial charge in [-0.3, -0.25) is 0 Å². The van der Waals surface area contributed by atoms with Crippen LogP contribution in [0.3, 0.4) is 0 Å². The van der Waals surface area contributed by atoms with Gasteiger partial charge >= 0.3 is 0 Å². The van der Waals surface area contributed by atoms with Crippen molar-refractivity contribution in [1.82, 2.24) is 10.2 Å². The molecule has 2 nitrogen and oxygen atoms in total. The number of benzene rings is 1. The van der Waals surface area contributed by atoms with E-state index in [1.54, 1.807) is 0 Å². The first-order valence-electron chi connectivity index (χ1n) is 8.51. The molecule has 0 spiro atoms. The van der Waals surface area contributed by atoms with Gasteiger partial charge in [-0.25, -0.2) is 0 Å². The van der Waals surface area contributed by atoms with E-state index in [0.29, 0.717) is 6.04 Å². The second kappa shape index (κ2) is 7.42. The standard InChI is InChI=1S/C19H32N2/c1-6-20-19(18-9-14(2)7-15(3)10-18)13-21-11-16(4)8-17(5)12-21/h7,9-10,16-17,19-20H,6,8,11-13H2,1-5H3. The van der Waals surface area contributed by atoms with E-state index in [0.717, 1.165) is 24.9 Å². The predicted octanol–water partition coefficient (Wildman–Crippen LogP) is 3.93. The summed E-state index contributed by atoms with van der Waals surface area (Å²) in [4.78, 5) is 2.66. The lowest BCUT2D eigenvalue weighted by atomic mass is 9.91. The summed E-state index contributed by atoms with van der Waals surface area (Å²) in [6.07, 6.45) is 1.38. The van der Waals surface area contributed by atoms with Crippen LogP contribution >= 0.6 is 0 Å². The van der Waals surface area contributed by atoms with Crippen molar-refractivity contribution < 1.29 is 0 Å². The van der Waals surface area contributed by atoms with E-state index in [2.05, 4.69) is 63.0 Å². The van der Waals surface area contributed by atoms with E-state index < -0.39 is 0 Å². The zero-order chi connectivity index (χ0) is 15.4. The highest BCUT2D eigenvalue weighted by Crippen LogP contribution is 2.24. The summed E-state index contributed by atoms with van der Waals surface area (Å²) in [5.74, 6) is 1.66. The van der Waals surface area contributed by atoms with Crippen molar-refractivity contribution in [1.29, 1.82) is 0 Å². The highest BCUT2D eigenvalue weighted by molar-refractivity contribution is 5.31. The van der Waals surface area contributed by atoms with Crippen LogP contribution in [0.1, 0.15) is 49.9 Å². The summed E-state index contributed by atoms with van der Waals surface area (Å²) >= 11 is 0. The highest BCUT2D eigenvalue weighted by Gasteiger charge is 2.24. The fraction of sp³-hybridized carbons (Fsp3) is 0.684. The molecule has 3 atom stereocenters. The molecular weight excluding hydrogens is 256 g/mol. The maximum Gasteiger partial charge on any atom is 0.0449 e. The number of hydrogen-bond acceptors (Lipinski definition) is 2. The Kier molecular flexibility index (Phi) is 5.83. The third kappa shape index (κ3) is 4.82. The summed E-state index contributed by atoms with van der Waals surface area (Å²) in [5, 5.41) is 3.69. The van der Waals surface area contributed by atoms with Crippen LogP contribution in [0.2, 0.25) is 0 Å². The quantitative estimate of drug-likeness (QED) is 0.883. The van der Waals surface area contributed by atoms with Crippen molar-refractivity contribution in [2.75, 3.05) is 26.2 Å². The molecule has 1 aromatic carbocycles. The molecule has 0 bridgehead atoms. The summed E-state index contributed by atoms with van der Waals surface area (Å²) in [5.41, 5.74) is 4.18. The van der Waals surface area contributed by atoms with E-state index in [4.69, 9.17) is 0 Å². The van der Waals surface area contributed by atoms with E-state index >= 15 is 0 Å². The number of nitrogens with zero attached hydrogens (tertiary/aromatic N) is 1. The van der Waals surface area contributed by atoms with Crippen molar-refractivity contribution in [3.63, 3.8) is 0 Å². The first-order valence-corrected chi connectivity index (χ1v) is 8.51. The Morgan fingerprint density at radius 1 is 1.10 bits per heavy atom. The number of hydrogen-bond donors (Lipinski definition) is 1. The van der Waals surface area contributed by atoms with Gasteiger partial charge in [0.1, 0.15) is 0 Å². The van der Waals surface area contributed by atoms with Gasteiger partial charge in [0.15, 0.2) is 0 Å². The van der Waals surface area contributed by atoms with Gasteiger partial charge in [0.25, 0.3) is 0 Å². The van der Waals surface area contributed by atoms with Gasteiger partial charge < -0.3 is 10.2 Å². The molecule has 118 valence electrons. The van der Waals surface area contributed by atoms with Gasteiger partial charge in [-0.2, -0.15) is 0 Å². The van der Waals surface area contributed by atoms with Gasteiger partial charge in [0.2, 0.25) is 0 Å². The minimum absolute atomic E-state index is 0.450. The lowest BCUT2D eigenvalue weighted by molar-refractivity contribution is 0.128. The number of nitrogens with one attached hydrogen (secondary N) is 1. The van der Waals surface area contributed by atoms with E-state index in [1.165, 1.54) is 36.2 Å². The molecule has 1 aliphatic rings. The van der Waals surface area contributed by atoms with E-state index in [-0.39, 0.29) is 0 Å². The van der Waals surface area contributed by atoms with Crippen molar-refractivity contribution in [2.24, 2.45) is 11.8 Å². The minimum Gasteiger partial charge on any atom is -0.309 e. The van der Waals surface area contributed by atoms with Crippen molar-refractivity contribution >= 4 is 0 Å². The number of aryl methyl sites for hydroxylation is 2. The molecule has 3 unspecified atom stereocenters. The molecule has 0 aromatic heterocycles. The zero-order valence-corrected chi connectivity index (χ0v) is 14.4. The molecule has 0 radical (unpaired) electrons. The Hall–Kier alpha value is -0.860. The Bertz CT molecular complexity index is 425. The smallest absolute Gasteiger partial charge is 0.0449 e. The molecule has 1 heterocycles. The largest absolute Gasteiger partial charge is 0.309 e. The van der Waals surface area contributed by atoms with E-state index in [1.807, 2.05) is 0 Å². The second-order valence-corrected chi connectivity index (χ2v) is 7.20. The van der Waals surface area contributed by atoms with Gasteiger partial charge in [0.05, 0.1) is 0 Å². The Morgan fingerprint density at radius 2 is 1.67 bits per heavy atom. The van der Waals surface area contributed by atoms with Crippen LogP contribution in [-0.2, 0) is 0 Å². The van der Waals surface area contributed by atoms with Gasteiger partial charge in [-0.15, -0.1) is 0 Å². The van der Waals surface area contributed by atoms with Crippen LogP contribution in [0.25, 0.3) is 0 Å². The molecule has 21 heavy (non-hydrogen) atoms. The lowest BCUT2D eigenvalue weighted by Gasteiger charge is -2.37. The van der Waals surface area contributed by atoms with Crippen molar-refractivity contribution in [3.8, 4) is 0 Å². The molecule has 1 saturated heterocycles. The molecule has 2 heteroatoms. The first kappa shape index (κ1) is 16.5. The first-order chi connectivity index (χ1) is 9.97. The summed E-state index contributed by atoms with van der Waals surface area (Å²) in [7, 11) is 0. The average Bonchev–Trinajstić information content (AvgIpc) is 2.35. The molecular formula is C19H32N2. The molecule has 0 aliphatic carbocycles. The maximum absolute atomic E-state index is 3.69. The number of likely N-dealkylation sites (N-methyl/N-ethyl adjacent to an activating group) is 1. The summed E-state index contributed by atoms with van der Waals surface area (Å²) in [6, 6.07) is 7.40. The Morgan fingerprint density at radius 3 is 2.19 bits per heavy atom. The van der Waals surface area contributed by atoms with Crippen molar-refractivity contribution in [3.05, 3.63) is 34.9 Å². The lowest BCUT2D eigenvalue weighted by Crippen LogP contribution is -2.43. The third-order valence-corrected chi connectivity index (χ3v) is 4.48. The molecule has 0 saturated carbocycles. The van der Waals surface area contributed by atoms with Gasteiger partial charge in [0, 0.05) is 25.7 Å². The molecule has 1 fully saturated rings. The monoisotopic (exact) mass is 288 g/mol. The molecule has 0 amide bonds. The maximum atomic E-state index is 3.69. The van der Waals surface area contributed by atoms with Crippen LogP contribution in [-0.4, -0.2) is 31.1 Å². The highest BCUT2D eigenvalue weighted by atomic mass is 15.2. The summed E-state index contributed by atoms with van der Waals surface area (Å²) < 4.78 is 0. The summed E-state index contributed by atoms with van der Waals surface area (Å²) in [6.45, 7) is 16.0. The Labute approximate surface area is 130 Å².